The van der Waals surface area contributed by atoms with Gasteiger partial charge in [-0.2, -0.15) is 0 Å². The number of aromatic nitrogens is 3. The summed E-state index contributed by atoms with van der Waals surface area (Å²) in [6.07, 6.45) is 1.50. The summed E-state index contributed by atoms with van der Waals surface area (Å²) in [5.74, 6) is -0.652. The van der Waals surface area contributed by atoms with Crippen molar-refractivity contribution in [1.82, 2.24) is 15.0 Å². The van der Waals surface area contributed by atoms with E-state index in [2.05, 4.69) is 15.3 Å². The highest BCUT2D eigenvalue weighted by atomic mass is 35.5. The van der Waals surface area contributed by atoms with Crippen LogP contribution in [0.25, 0.3) is 0 Å². The minimum Gasteiger partial charge on any atom is -0.318 e. The Labute approximate surface area is 111 Å². The molecule has 0 radical (unpaired) electrons. The van der Waals surface area contributed by atoms with E-state index in [4.69, 9.17) is 11.6 Å². The average molecular weight is 281 g/mol. The summed E-state index contributed by atoms with van der Waals surface area (Å²) in [6, 6.07) is 2.65. The number of aromatic amines is 2. The lowest BCUT2D eigenvalue weighted by Crippen LogP contribution is -2.27. The molecule has 19 heavy (non-hydrogen) atoms. The summed E-state index contributed by atoms with van der Waals surface area (Å²) < 4.78 is 0. The molecule has 0 aliphatic carbocycles. The van der Waals surface area contributed by atoms with Gasteiger partial charge in [-0.1, -0.05) is 11.6 Å². The highest BCUT2D eigenvalue weighted by Gasteiger charge is 2.12. The van der Waals surface area contributed by atoms with E-state index in [1.54, 1.807) is 13.0 Å². The molecular weight excluding hydrogens is 272 g/mol. The Morgan fingerprint density at radius 2 is 2.11 bits per heavy atom. The van der Waals surface area contributed by atoms with Gasteiger partial charge in [-0.05, 0) is 18.6 Å². The molecule has 2 heterocycles. The molecule has 0 saturated carbocycles. The zero-order valence-electron chi connectivity index (χ0n) is 9.78. The third-order valence-corrected chi connectivity index (χ3v) is 2.64. The first-order valence-corrected chi connectivity index (χ1v) is 5.61. The Balaban J connectivity index is 2.36. The molecule has 0 bridgehead atoms. The average Bonchev–Trinajstić information content (AvgIpc) is 2.32. The predicted octanol–water partition coefficient (Wildman–Crippen LogP) is 0.672. The smallest absolute Gasteiger partial charge is 0.318 e. The zero-order chi connectivity index (χ0) is 14.0. The third-order valence-electron chi connectivity index (χ3n) is 2.36. The number of rotatable bonds is 2. The second-order valence-corrected chi connectivity index (χ2v) is 4.11. The lowest BCUT2D eigenvalue weighted by molar-refractivity contribution is 0.102. The van der Waals surface area contributed by atoms with Gasteiger partial charge in [0.2, 0.25) is 0 Å². The van der Waals surface area contributed by atoms with E-state index in [9.17, 15) is 14.4 Å². The number of amides is 1. The minimum atomic E-state index is -0.758. The van der Waals surface area contributed by atoms with Crippen LogP contribution in [-0.4, -0.2) is 20.9 Å². The molecule has 3 N–H and O–H groups in total. The van der Waals surface area contributed by atoms with Gasteiger partial charge in [0.25, 0.3) is 11.5 Å². The molecule has 2 aromatic rings. The van der Waals surface area contributed by atoms with Crippen molar-refractivity contribution in [1.29, 1.82) is 0 Å². The quantitative estimate of drug-likeness (QED) is 0.703. The van der Waals surface area contributed by atoms with Crippen molar-refractivity contribution in [3.05, 3.63) is 55.6 Å². The van der Waals surface area contributed by atoms with E-state index in [1.807, 2.05) is 4.98 Å². The SMILES string of the molecule is Cc1ccnc(Cl)c1NC(=O)c1cc(=O)[nH]c(=O)[nH]1. The third kappa shape index (κ3) is 2.89. The maximum absolute atomic E-state index is 11.9. The maximum Gasteiger partial charge on any atom is 0.326 e. The molecule has 8 heteroatoms. The van der Waals surface area contributed by atoms with Crippen molar-refractivity contribution in [2.75, 3.05) is 5.32 Å². The van der Waals surface area contributed by atoms with Crippen LogP contribution in [-0.2, 0) is 0 Å². The fraction of sp³-hybridized carbons (Fsp3) is 0.0909. The molecule has 0 aliphatic heterocycles. The molecule has 2 aromatic heterocycles. The minimum absolute atomic E-state index is 0.125. The standard InChI is InChI=1S/C11H9ClN4O3/c1-5-2-3-13-9(12)8(5)16-10(18)6-4-7(17)15-11(19)14-6/h2-4H,1H3,(H,16,18)(H2,14,15,17,19). The van der Waals surface area contributed by atoms with Gasteiger partial charge < -0.3 is 10.3 Å². The number of carbonyl (C=O) groups is 1. The van der Waals surface area contributed by atoms with Crippen LogP contribution in [0.1, 0.15) is 16.1 Å². The Morgan fingerprint density at radius 3 is 2.74 bits per heavy atom. The summed E-state index contributed by atoms with van der Waals surface area (Å²) in [6.45, 7) is 1.74. The summed E-state index contributed by atoms with van der Waals surface area (Å²) in [7, 11) is 0. The van der Waals surface area contributed by atoms with E-state index in [1.165, 1.54) is 6.20 Å². The Morgan fingerprint density at radius 1 is 1.37 bits per heavy atom. The molecular formula is C11H9ClN4O3. The van der Waals surface area contributed by atoms with Gasteiger partial charge in [0.1, 0.15) is 5.69 Å². The molecule has 0 aliphatic rings. The second kappa shape index (κ2) is 5.07. The van der Waals surface area contributed by atoms with E-state index in [0.717, 1.165) is 6.07 Å². The van der Waals surface area contributed by atoms with Crippen molar-refractivity contribution in [2.45, 2.75) is 6.92 Å². The van der Waals surface area contributed by atoms with Gasteiger partial charge >= 0.3 is 5.69 Å². The fourth-order valence-electron chi connectivity index (χ4n) is 1.45. The number of anilines is 1. The van der Waals surface area contributed by atoms with Crippen LogP contribution < -0.4 is 16.6 Å². The van der Waals surface area contributed by atoms with Gasteiger partial charge in [-0.15, -0.1) is 0 Å². The van der Waals surface area contributed by atoms with Crippen molar-refractivity contribution >= 4 is 23.2 Å². The normalized spacial score (nSPS) is 10.2. The highest BCUT2D eigenvalue weighted by molar-refractivity contribution is 6.32. The number of hydrogen-bond donors (Lipinski definition) is 3. The van der Waals surface area contributed by atoms with E-state index in [-0.39, 0.29) is 10.8 Å². The predicted molar refractivity (Wildman–Crippen MR) is 69.6 cm³/mol. The highest BCUT2D eigenvalue weighted by Crippen LogP contribution is 2.22. The monoisotopic (exact) mass is 280 g/mol. The molecule has 0 aromatic carbocycles. The number of nitrogens with zero attached hydrogens (tertiary/aromatic N) is 1. The van der Waals surface area contributed by atoms with Crippen LogP contribution in [0.4, 0.5) is 5.69 Å². The number of nitrogens with one attached hydrogen (secondary N) is 3. The summed E-state index contributed by atoms with van der Waals surface area (Å²) in [5.41, 5.74) is -0.543. The van der Waals surface area contributed by atoms with Gasteiger partial charge in [-0.25, -0.2) is 9.78 Å². The number of aryl methyl sites for hydroxylation is 1. The van der Waals surface area contributed by atoms with Crippen LogP contribution in [0.15, 0.2) is 27.9 Å². The van der Waals surface area contributed by atoms with Gasteiger partial charge in [0.15, 0.2) is 5.15 Å². The van der Waals surface area contributed by atoms with Gasteiger partial charge in [-0.3, -0.25) is 14.6 Å². The van der Waals surface area contributed by atoms with Crippen LogP contribution in [0.3, 0.4) is 0 Å². The van der Waals surface area contributed by atoms with E-state index < -0.39 is 17.2 Å². The first kappa shape index (κ1) is 13.0. The summed E-state index contributed by atoms with van der Waals surface area (Å²) in [5, 5.41) is 2.62. The van der Waals surface area contributed by atoms with E-state index in [0.29, 0.717) is 11.3 Å². The fourth-order valence-corrected chi connectivity index (χ4v) is 1.70. The second-order valence-electron chi connectivity index (χ2n) is 3.75. The Hall–Kier alpha value is -2.41. The summed E-state index contributed by atoms with van der Waals surface area (Å²) in [4.78, 5) is 42.1. The van der Waals surface area contributed by atoms with Crippen LogP contribution in [0, 0.1) is 6.92 Å². The van der Waals surface area contributed by atoms with E-state index >= 15 is 0 Å². The molecule has 0 saturated heterocycles. The van der Waals surface area contributed by atoms with Crippen molar-refractivity contribution < 1.29 is 4.79 Å². The van der Waals surface area contributed by atoms with Crippen molar-refractivity contribution in [3.8, 4) is 0 Å². The first-order chi connectivity index (χ1) is 8.97. The lowest BCUT2D eigenvalue weighted by atomic mass is 10.2. The van der Waals surface area contributed by atoms with Crippen molar-refractivity contribution in [3.63, 3.8) is 0 Å². The maximum atomic E-state index is 11.9. The van der Waals surface area contributed by atoms with Gasteiger partial charge in [0, 0.05) is 12.3 Å². The summed E-state index contributed by atoms with van der Waals surface area (Å²) >= 11 is 5.86. The number of hydrogen-bond acceptors (Lipinski definition) is 4. The van der Waals surface area contributed by atoms with Gasteiger partial charge in [0.05, 0.1) is 5.69 Å². The van der Waals surface area contributed by atoms with Crippen LogP contribution >= 0.6 is 11.6 Å². The zero-order valence-corrected chi connectivity index (χ0v) is 10.5. The van der Waals surface area contributed by atoms with Crippen LogP contribution in [0.2, 0.25) is 5.15 Å². The molecule has 0 spiro atoms. The Bertz CT molecular complexity index is 702. The largest absolute Gasteiger partial charge is 0.326 e. The number of halogens is 1. The van der Waals surface area contributed by atoms with Crippen LogP contribution in [0.5, 0.6) is 0 Å². The number of pyridine rings is 1. The lowest BCUT2D eigenvalue weighted by Gasteiger charge is -2.08. The topological polar surface area (TPSA) is 108 Å². The molecule has 2 rings (SSSR count). The Kier molecular flexibility index (Phi) is 3.48. The molecule has 1 amide bonds. The molecule has 98 valence electrons. The molecule has 0 atom stereocenters. The first-order valence-electron chi connectivity index (χ1n) is 5.23. The number of H-pyrrole nitrogens is 2. The molecule has 0 unspecified atom stereocenters. The molecule has 0 fully saturated rings. The molecule has 7 nitrogen and oxygen atoms in total. The number of carbonyl (C=O) groups excluding carboxylic acids is 1. The van der Waals surface area contributed by atoms with Crippen molar-refractivity contribution in [2.24, 2.45) is 0 Å².